The fourth-order valence-electron chi connectivity index (χ4n) is 3.16. The minimum atomic E-state index is 0.236. The van der Waals surface area contributed by atoms with Gasteiger partial charge in [-0.1, -0.05) is 24.3 Å². The maximum atomic E-state index is 5.84. The molecule has 2 aromatic carbocycles. The Morgan fingerprint density at radius 1 is 1.24 bits per heavy atom. The van der Waals surface area contributed by atoms with Crippen LogP contribution in [0.25, 0.3) is 0 Å². The summed E-state index contributed by atoms with van der Waals surface area (Å²) in [5, 5.41) is 3.46. The van der Waals surface area contributed by atoms with Crippen LogP contribution < -0.4 is 14.8 Å². The monoisotopic (exact) mass is 283 g/mol. The molecule has 110 valence electrons. The lowest BCUT2D eigenvalue weighted by atomic mass is 9.86. The average molecular weight is 283 g/mol. The Kier molecular flexibility index (Phi) is 3.84. The van der Waals surface area contributed by atoms with Gasteiger partial charge >= 0.3 is 0 Å². The van der Waals surface area contributed by atoms with Crippen molar-refractivity contribution < 1.29 is 9.47 Å². The number of fused-ring (bicyclic) bond motifs is 1. The summed E-state index contributed by atoms with van der Waals surface area (Å²) in [6, 6.07) is 14.8. The van der Waals surface area contributed by atoms with Crippen LogP contribution in [0.15, 0.2) is 42.5 Å². The lowest BCUT2D eigenvalue weighted by Gasteiger charge is -2.24. The molecule has 0 aliphatic carbocycles. The van der Waals surface area contributed by atoms with Crippen LogP contribution in [0.5, 0.6) is 11.5 Å². The van der Waals surface area contributed by atoms with Gasteiger partial charge in [-0.25, -0.2) is 0 Å². The first kappa shape index (κ1) is 14.0. The number of hydrogen-bond donors (Lipinski definition) is 1. The van der Waals surface area contributed by atoms with Gasteiger partial charge in [-0.3, -0.25) is 0 Å². The first-order valence-electron chi connectivity index (χ1n) is 7.28. The molecular weight excluding hydrogens is 262 g/mol. The number of hydrogen-bond acceptors (Lipinski definition) is 3. The van der Waals surface area contributed by atoms with Crippen LogP contribution in [0.3, 0.4) is 0 Å². The van der Waals surface area contributed by atoms with E-state index in [1.807, 2.05) is 25.2 Å². The fourth-order valence-corrected chi connectivity index (χ4v) is 3.16. The normalized spacial score (nSPS) is 18.0. The van der Waals surface area contributed by atoms with E-state index in [2.05, 4.69) is 36.5 Å². The summed E-state index contributed by atoms with van der Waals surface area (Å²) in [7, 11) is 3.71. The molecule has 3 rings (SSSR count). The van der Waals surface area contributed by atoms with Gasteiger partial charge in [0.05, 0.1) is 13.7 Å². The molecule has 0 saturated heterocycles. The summed E-state index contributed by atoms with van der Waals surface area (Å²) in [5.74, 6) is 2.24. The van der Waals surface area contributed by atoms with Crippen LogP contribution in [0.1, 0.15) is 28.7 Å². The standard InChI is InChI=1S/C18H21NO2/c1-12-10-13(20-3)8-9-14(12)18(19-2)16-11-21-17-7-5-4-6-15(16)17/h4-10,16,18-19H,11H2,1-3H3. The van der Waals surface area contributed by atoms with Crippen LogP contribution >= 0.6 is 0 Å². The molecule has 1 aliphatic heterocycles. The zero-order valence-corrected chi connectivity index (χ0v) is 12.7. The third-order valence-corrected chi connectivity index (χ3v) is 4.26. The molecule has 1 heterocycles. The van der Waals surface area contributed by atoms with E-state index >= 15 is 0 Å². The van der Waals surface area contributed by atoms with E-state index in [9.17, 15) is 0 Å². The number of rotatable bonds is 4. The first-order chi connectivity index (χ1) is 10.2. The van der Waals surface area contributed by atoms with Crippen molar-refractivity contribution in [2.45, 2.75) is 18.9 Å². The Labute approximate surface area is 125 Å². The molecule has 0 aromatic heterocycles. The highest BCUT2D eigenvalue weighted by Gasteiger charge is 2.32. The average Bonchev–Trinajstić information content (AvgIpc) is 2.94. The molecule has 1 N–H and O–H groups in total. The van der Waals surface area contributed by atoms with Crippen molar-refractivity contribution in [2.24, 2.45) is 0 Å². The molecule has 0 saturated carbocycles. The van der Waals surface area contributed by atoms with Crippen LogP contribution in [0, 0.1) is 6.92 Å². The third kappa shape index (κ3) is 2.49. The topological polar surface area (TPSA) is 30.5 Å². The van der Waals surface area contributed by atoms with Crippen LogP contribution in [0.2, 0.25) is 0 Å². The van der Waals surface area contributed by atoms with Gasteiger partial charge in [0.1, 0.15) is 11.5 Å². The fraction of sp³-hybridized carbons (Fsp3) is 0.333. The lowest BCUT2D eigenvalue weighted by molar-refractivity contribution is 0.304. The molecule has 0 radical (unpaired) electrons. The van der Waals surface area contributed by atoms with E-state index in [0.717, 1.165) is 18.1 Å². The number of nitrogens with one attached hydrogen (secondary N) is 1. The Morgan fingerprint density at radius 2 is 2.05 bits per heavy atom. The second kappa shape index (κ2) is 5.78. The number of methoxy groups -OCH3 is 1. The zero-order valence-electron chi connectivity index (χ0n) is 12.7. The number of para-hydroxylation sites is 1. The highest BCUT2D eigenvalue weighted by Crippen LogP contribution is 2.42. The van der Waals surface area contributed by atoms with E-state index in [0.29, 0.717) is 5.92 Å². The van der Waals surface area contributed by atoms with Gasteiger partial charge < -0.3 is 14.8 Å². The van der Waals surface area contributed by atoms with Gasteiger partial charge in [0.2, 0.25) is 0 Å². The maximum absolute atomic E-state index is 5.84. The molecule has 1 aliphatic rings. The molecule has 2 atom stereocenters. The van der Waals surface area contributed by atoms with Gasteiger partial charge in [-0.05, 0) is 43.3 Å². The minimum absolute atomic E-state index is 0.236. The summed E-state index contributed by atoms with van der Waals surface area (Å²) in [4.78, 5) is 0. The summed E-state index contributed by atoms with van der Waals surface area (Å²) in [6.07, 6.45) is 0. The Morgan fingerprint density at radius 3 is 2.76 bits per heavy atom. The minimum Gasteiger partial charge on any atom is -0.497 e. The predicted octanol–water partition coefficient (Wildman–Crippen LogP) is 3.44. The Hall–Kier alpha value is -2.00. The predicted molar refractivity (Wildman–Crippen MR) is 84.2 cm³/mol. The molecule has 3 heteroatoms. The molecule has 2 aromatic rings. The van der Waals surface area contributed by atoms with Crippen molar-refractivity contribution >= 4 is 0 Å². The van der Waals surface area contributed by atoms with Gasteiger partial charge in [0.15, 0.2) is 0 Å². The second-order valence-corrected chi connectivity index (χ2v) is 5.44. The van der Waals surface area contributed by atoms with Gasteiger partial charge in [0, 0.05) is 17.5 Å². The highest BCUT2D eigenvalue weighted by molar-refractivity contribution is 5.44. The van der Waals surface area contributed by atoms with Crippen LogP contribution in [-0.2, 0) is 0 Å². The van der Waals surface area contributed by atoms with Gasteiger partial charge in [0.25, 0.3) is 0 Å². The lowest BCUT2D eigenvalue weighted by Crippen LogP contribution is -2.25. The SMILES string of the molecule is CNC(c1ccc(OC)cc1C)C1COc2ccccc21. The molecule has 0 fully saturated rings. The first-order valence-corrected chi connectivity index (χ1v) is 7.28. The van der Waals surface area contributed by atoms with E-state index in [1.54, 1.807) is 7.11 Å². The molecular formula is C18H21NO2. The van der Waals surface area contributed by atoms with Gasteiger partial charge in [-0.15, -0.1) is 0 Å². The van der Waals surface area contributed by atoms with Crippen molar-refractivity contribution in [3.63, 3.8) is 0 Å². The van der Waals surface area contributed by atoms with Crippen molar-refractivity contribution in [3.05, 3.63) is 59.2 Å². The summed E-state index contributed by atoms with van der Waals surface area (Å²) < 4.78 is 11.1. The van der Waals surface area contributed by atoms with Crippen molar-refractivity contribution in [1.82, 2.24) is 5.32 Å². The number of ether oxygens (including phenoxy) is 2. The van der Waals surface area contributed by atoms with E-state index < -0.39 is 0 Å². The highest BCUT2D eigenvalue weighted by atomic mass is 16.5. The molecule has 2 unspecified atom stereocenters. The largest absolute Gasteiger partial charge is 0.497 e. The number of likely N-dealkylation sites (N-methyl/N-ethyl adjacent to an activating group) is 1. The van der Waals surface area contributed by atoms with Gasteiger partial charge in [-0.2, -0.15) is 0 Å². The van der Waals surface area contributed by atoms with Crippen LogP contribution in [-0.4, -0.2) is 20.8 Å². The summed E-state index contributed by atoms with van der Waals surface area (Å²) in [5.41, 5.74) is 3.81. The third-order valence-electron chi connectivity index (χ3n) is 4.26. The number of benzene rings is 2. The van der Waals surface area contributed by atoms with E-state index in [4.69, 9.17) is 9.47 Å². The molecule has 3 nitrogen and oxygen atoms in total. The smallest absolute Gasteiger partial charge is 0.122 e. The molecule has 21 heavy (non-hydrogen) atoms. The quantitative estimate of drug-likeness (QED) is 0.932. The Balaban J connectivity index is 1.97. The van der Waals surface area contributed by atoms with Crippen molar-refractivity contribution in [1.29, 1.82) is 0 Å². The van der Waals surface area contributed by atoms with E-state index in [1.165, 1.54) is 16.7 Å². The molecule has 0 spiro atoms. The molecule has 0 amide bonds. The molecule has 0 bridgehead atoms. The number of aryl methyl sites for hydroxylation is 1. The Bertz CT molecular complexity index is 639. The van der Waals surface area contributed by atoms with Crippen molar-refractivity contribution in [2.75, 3.05) is 20.8 Å². The van der Waals surface area contributed by atoms with Crippen molar-refractivity contribution in [3.8, 4) is 11.5 Å². The maximum Gasteiger partial charge on any atom is 0.122 e. The van der Waals surface area contributed by atoms with Crippen LogP contribution in [0.4, 0.5) is 0 Å². The summed E-state index contributed by atoms with van der Waals surface area (Å²) in [6.45, 7) is 2.85. The van der Waals surface area contributed by atoms with E-state index in [-0.39, 0.29) is 6.04 Å². The second-order valence-electron chi connectivity index (χ2n) is 5.44. The zero-order chi connectivity index (χ0) is 14.8. The summed E-state index contributed by atoms with van der Waals surface area (Å²) >= 11 is 0.